The Morgan fingerprint density at radius 2 is 1.74 bits per heavy atom. The molecule has 0 bridgehead atoms. The van der Waals surface area contributed by atoms with E-state index < -0.39 is 5.63 Å². The normalized spacial score (nSPS) is 11.5. The maximum Gasteiger partial charge on any atom is 0.346 e. The minimum absolute atomic E-state index is 0.367. The summed E-state index contributed by atoms with van der Waals surface area (Å²) in [4.78, 5) is 17.3. The van der Waals surface area contributed by atoms with Gasteiger partial charge >= 0.3 is 5.63 Å². The van der Waals surface area contributed by atoms with Gasteiger partial charge in [-0.25, -0.2) is 4.79 Å². The second-order valence-electron chi connectivity index (χ2n) is 5.65. The van der Waals surface area contributed by atoms with Gasteiger partial charge in [0, 0.05) is 16.5 Å². The number of aryl methyl sites for hydroxylation is 3. The van der Waals surface area contributed by atoms with Crippen LogP contribution in [0.2, 0.25) is 0 Å². The lowest BCUT2D eigenvalue weighted by Crippen LogP contribution is -2.08. The van der Waals surface area contributed by atoms with Crippen LogP contribution < -0.4 is 5.63 Å². The summed E-state index contributed by atoms with van der Waals surface area (Å²) in [5, 5.41) is 0.800. The first-order valence-electron chi connectivity index (χ1n) is 7.34. The number of aliphatic imine (C=N–C) groups is 1. The molecule has 3 nitrogen and oxygen atoms in total. The lowest BCUT2D eigenvalue weighted by molar-refractivity contribution is 0.556. The standard InChI is InChI=1S/C19H17NO2S/c1-11-8-12(2)17(13(3)9-11)20-10-15-18(23)14-6-4-5-7-16(14)22-19(15)21/h4-10,23H,1-3H3. The molecule has 4 heteroatoms. The van der Waals surface area contributed by atoms with Crippen molar-refractivity contribution >= 4 is 35.5 Å². The molecule has 3 rings (SSSR count). The van der Waals surface area contributed by atoms with E-state index >= 15 is 0 Å². The molecule has 0 saturated heterocycles. The lowest BCUT2D eigenvalue weighted by Gasteiger charge is -2.07. The molecule has 3 aromatic rings. The number of hydrogen-bond donors (Lipinski definition) is 1. The minimum Gasteiger partial charge on any atom is -0.422 e. The minimum atomic E-state index is -0.431. The van der Waals surface area contributed by atoms with Crippen molar-refractivity contribution in [3.63, 3.8) is 0 Å². The van der Waals surface area contributed by atoms with Gasteiger partial charge in [-0.3, -0.25) is 4.99 Å². The van der Waals surface area contributed by atoms with E-state index in [1.807, 2.05) is 32.0 Å². The number of rotatable bonds is 2. The molecule has 0 radical (unpaired) electrons. The van der Waals surface area contributed by atoms with Gasteiger partial charge < -0.3 is 4.42 Å². The molecule has 23 heavy (non-hydrogen) atoms. The highest BCUT2D eigenvalue weighted by Crippen LogP contribution is 2.26. The van der Waals surface area contributed by atoms with E-state index in [0.29, 0.717) is 16.0 Å². The van der Waals surface area contributed by atoms with Gasteiger partial charge in [-0.05, 0) is 38.0 Å². The number of hydrogen-bond acceptors (Lipinski definition) is 4. The summed E-state index contributed by atoms with van der Waals surface area (Å²) in [5.74, 6) is 0. The average molecular weight is 323 g/mol. The second-order valence-corrected chi connectivity index (χ2v) is 6.10. The van der Waals surface area contributed by atoms with Gasteiger partial charge in [0.15, 0.2) is 0 Å². The molecule has 0 atom stereocenters. The van der Waals surface area contributed by atoms with E-state index in [1.165, 1.54) is 5.56 Å². The molecule has 0 N–H and O–H groups in total. The quantitative estimate of drug-likeness (QED) is 0.420. The zero-order valence-corrected chi connectivity index (χ0v) is 14.1. The Kier molecular flexibility index (Phi) is 4.09. The summed E-state index contributed by atoms with van der Waals surface area (Å²) in [6.07, 6.45) is 1.55. The van der Waals surface area contributed by atoms with Crippen molar-refractivity contribution in [3.8, 4) is 0 Å². The fourth-order valence-electron chi connectivity index (χ4n) is 2.77. The Labute approximate surface area is 140 Å². The van der Waals surface area contributed by atoms with Crippen LogP contribution in [0.1, 0.15) is 22.3 Å². The van der Waals surface area contributed by atoms with Crippen molar-refractivity contribution in [2.75, 3.05) is 0 Å². The molecule has 0 saturated carbocycles. The Balaban J connectivity index is 2.14. The molecule has 116 valence electrons. The van der Waals surface area contributed by atoms with E-state index in [9.17, 15) is 4.79 Å². The molecule has 0 aliphatic carbocycles. The molecular weight excluding hydrogens is 306 g/mol. The van der Waals surface area contributed by atoms with Gasteiger partial charge in [-0.1, -0.05) is 35.9 Å². The Morgan fingerprint density at radius 1 is 1.09 bits per heavy atom. The third kappa shape index (κ3) is 2.94. The fraction of sp³-hybridized carbons (Fsp3) is 0.158. The van der Waals surface area contributed by atoms with Crippen LogP contribution in [0.5, 0.6) is 0 Å². The predicted molar refractivity (Wildman–Crippen MR) is 97.6 cm³/mol. The van der Waals surface area contributed by atoms with Crippen LogP contribution in [-0.4, -0.2) is 6.21 Å². The summed E-state index contributed by atoms with van der Waals surface area (Å²) in [6, 6.07) is 11.5. The van der Waals surface area contributed by atoms with Crippen LogP contribution in [-0.2, 0) is 0 Å². The largest absolute Gasteiger partial charge is 0.422 e. The third-order valence-corrected chi connectivity index (χ3v) is 4.26. The first-order chi connectivity index (χ1) is 11.0. The summed E-state index contributed by atoms with van der Waals surface area (Å²) in [6.45, 7) is 6.07. The molecule has 0 spiro atoms. The number of nitrogens with zero attached hydrogens (tertiary/aromatic N) is 1. The second kappa shape index (κ2) is 6.05. The van der Waals surface area contributed by atoms with Gasteiger partial charge in [0.1, 0.15) is 5.58 Å². The lowest BCUT2D eigenvalue weighted by atomic mass is 10.1. The topological polar surface area (TPSA) is 42.6 Å². The van der Waals surface area contributed by atoms with E-state index in [-0.39, 0.29) is 0 Å². The first-order valence-corrected chi connectivity index (χ1v) is 7.79. The number of para-hydroxylation sites is 1. The van der Waals surface area contributed by atoms with E-state index in [4.69, 9.17) is 4.42 Å². The Hall–Kier alpha value is -2.33. The highest BCUT2D eigenvalue weighted by atomic mass is 32.1. The molecule has 0 fully saturated rings. The Bertz CT molecular complexity index is 963. The van der Waals surface area contributed by atoms with Crippen LogP contribution >= 0.6 is 12.6 Å². The molecule has 1 aromatic heterocycles. The van der Waals surface area contributed by atoms with Gasteiger partial charge in [-0.15, -0.1) is 12.6 Å². The molecule has 0 unspecified atom stereocenters. The molecule has 2 aromatic carbocycles. The van der Waals surface area contributed by atoms with Crippen LogP contribution in [0, 0.1) is 20.8 Å². The van der Waals surface area contributed by atoms with Crippen molar-refractivity contribution in [1.29, 1.82) is 0 Å². The van der Waals surface area contributed by atoms with E-state index in [2.05, 4.69) is 36.7 Å². The van der Waals surface area contributed by atoms with E-state index in [0.717, 1.165) is 22.2 Å². The summed E-state index contributed by atoms with van der Waals surface area (Å²) < 4.78 is 5.35. The molecular formula is C19H17NO2S. The SMILES string of the molecule is Cc1cc(C)c(N=Cc2c(S)c3ccccc3oc2=O)c(C)c1. The smallest absolute Gasteiger partial charge is 0.346 e. The fourth-order valence-corrected chi connectivity index (χ4v) is 3.10. The zero-order chi connectivity index (χ0) is 16.6. The van der Waals surface area contributed by atoms with Crippen molar-refractivity contribution in [1.82, 2.24) is 0 Å². The molecule has 0 aliphatic rings. The van der Waals surface area contributed by atoms with Gasteiger partial charge in [-0.2, -0.15) is 0 Å². The van der Waals surface area contributed by atoms with Crippen LogP contribution in [0.25, 0.3) is 11.0 Å². The molecule has 1 heterocycles. The zero-order valence-electron chi connectivity index (χ0n) is 13.3. The molecule has 0 amide bonds. The highest BCUT2D eigenvalue weighted by Gasteiger charge is 2.10. The third-order valence-electron chi connectivity index (χ3n) is 3.78. The summed E-state index contributed by atoms with van der Waals surface area (Å²) >= 11 is 4.50. The number of benzene rings is 2. The van der Waals surface area contributed by atoms with Crippen molar-refractivity contribution in [3.05, 3.63) is 69.1 Å². The number of thiol groups is 1. The molecule has 0 aliphatic heterocycles. The monoisotopic (exact) mass is 323 g/mol. The van der Waals surface area contributed by atoms with Crippen molar-refractivity contribution in [2.45, 2.75) is 25.7 Å². The van der Waals surface area contributed by atoms with Crippen LogP contribution in [0.3, 0.4) is 0 Å². The Morgan fingerprint density at radius 3 is 2.43 bits per heavy atom. The van der Waals surface area contributed by atoms with E-state index in [1.54, 1.807) is 12.3 Å². The van der Waals surface area contributed by atoms with Crippen LogP contribution in [0.4, 0.5) is 5.69 Å². The van der Waals surface area contributed by atoms with Crippen molar-refractivity contribution < 1.29 is 4.42 Å². The maximum atomic E-state index is 12.2. The maximum absolute atomic E-state index is 12.2. The summed E-state index contributed by atoms with van der Waals surface area (Å²) in [7, 11) is 0. The van der Waals surface area contributed by atoms with Crippen molar-refractivity contribution in [2.24, 2.45) is 4.99 Å². The number of fused-ring (bicyclic) bond motifs is 1. The summed E-state index contributed by atoms with van der Waals surface area (Å²) in [5.41, 5.74) is 4.68. The van der Waals surface area contributed by atoms with Gasteiger partial charge in [0.05, 0.1) is 11.3 Å². The predicted octanol–water partition coefficient (Wildman–Crippen LogP) is 4.76. The highest BCUT2D eigenvalue weighted by molar-refractivity contribution is 7.80. The van der Waals surface area contributed by atoms with Gasteiger partial charge in [0.2, 0.25) is 0 Å². The first kappa shape index (κ1) is 15.6. The van der Waals surface area contributed by atoms with Crippen LogP contribution in [0.15, 0.2) is 55.5 Å². The van der Waals surface area contributed by atoms with Gasteiger partial charge in [0.25, 0.3) is 0 Å². The average Bonchev–Trinajstić information content (AvgIpc) is 2.49.